The molecule has 0 saturated carbocycles. The summed E-state index contributed by atoms with van der Waals surface area (Å²) < 4.78 is 25.8. The average molecular weight is 225 g/mol. The van der Waals surface area contributed by atoms with Crippen molar-refractivity contribution < 1.29 is 8.78 Å². The van der Waals surface area contributed by atoms with Crippen LogP contribution in [0.15, 0.2) is 42.5 Å². The summed E-state index contributed by atoms with van der Waals surface area (Å²) in [4.78, 5) is 0. The van der Waals surface area contributed by atoms with Crippen LogP contribution in [0, 0.1) is 11.6 Å². The van der Waals surface area contributed by atoms with E-state index in [2.05, 4.69) is 0 Å². The second-order valence-electron chi connectivity index (χ2n) is 3.11. The van der Waals surface area contributed by atoms with Crippen LogP contribution in [-0.4, -0.2) is 0 Å². The Balaban J connectivity index is 2.54. The van der Waals surface area contributed by atoms with Crippen LogP contribution >= 0.6 is 11.6 Å². The zero-order valence-corrected chi connectivity index (χ0v) is 8.43. The van der Waals surface area contributed by atoms with E-state index in [1.165, 1.54) is 18.2 Å². The van der Waals surface area contributed by atoms with Crippen molar-refractivity contribution in [2.75, 3.05) is 0 Å². The van der Waals surface area contributed by atoms with Gasteiger partial charge in [0.25, 0.3) is 0 Å². The standard InChI is InChI=1S/C12H7ClF2/c13-12-10(2-1-3-11(12)15)8-4-6-9(14)7-5-8/h1-7H. The van der Waals surface area contributed by atoms with Crippen LogP contribution in [-0.2, 0) is 0 Å². The van der Waals surface area contributed by atoms with Gasteiger partial charge < -0.3 is 0 Å². The first-order chi connectivity index (χ1) is 7.18. The molecule has 3 heteroatoms. The lowest BCUT2D eigenvalue weighted by Gasteiger charge is -2.04. The largest absolute Gasteiger partial charge is 0.207 e. The predicted octanol–water partition coefficient (Wildman–Crippen LogP) is 4.29. The molecule has 0 aliphatic rings. The van der Waals surface area contributed by atoms with Crippen molar-refractivity contribution >= 4 is 11.6 Å². The lowest BCUT2D eigenvalue weighted by Crippen LogP contribution is -1.83. The van der Waals surface area contributed by atoms with Crippen LogP contribution in [0.4, 0.5) is 8.78 Å². The third-order valence-electron chi connectivity index (χ3n) is 2.11. The molecule has 0 nitrogen and oxygen atoms in total. The molecule has 0 unspecified atom stereocenters. The molecular formula is C12H7ClF2. The Labute approximate surface area is 91.1 Å². The van der Waals surface area contributed by atoms with Gasteiger partial charge in [0, 0.05) is 5.56 Å². The third-order valence-corrected chi connectivity index (χ3v) is 2.49. The predicted molar refractivity (Wildman–Crippen MR) is 56.8 cm³/mol. The van der Waals surface area contributed by atoms with E-state index in [-0.39, 0.29) is 10.8 Å². The van der Waals surface area contributed by atoms with Crippen LogP contribution in [0.2, 0.25) is 5.02 Å². The van der Waals surface area contributed by atoms with E-state index in [0.717, 1.165) is 0 Å². The highest BCUT2D eigenvalue weighted by Crippen LogP contribution is 2.29. The lowest BCUT2D eigenvalue weighted by molar-refractivity contribution is 0.627. The first-order valence-corrected chi connectivity index (χ1v) is 4.76. The Morgan fingerprint density at radius 2 is 1.53 bits per heavy atom. The average Bonchev–Trinajstić information content (AvgIpc) is 2.24. The molecule has 2 aromatic carbocycles. The van der Waals surface area contributed by atoms with E-state index < -0.39 is 5.82 Å². The number of rotatable bonds is 1. The molecule has 0 atom stereocenters. The molecule has 0 heterocycles. The van der Waals surface area contributed by atoms with Gasteiger partial charge >= 0.3 is 0 Å². The van der Waals surface area contributed by atoms with Crippen LogP contribution in [0.1, 0.15) is 0 Å². The van der Waals surface area contributed by atoms with Gasteiger partial charge in [-0.1, -0.05) is 35.9 Å². The number of halogens is 3. The fraction of sp³-hybridized carbons (Fsp3) is 0. The van der Waals surface area contributed by atoms with Gasteiger partial charge in [0.05, 0.1) is 5.02 Å². The van der Waals surface area contributed by atoms with E-state index in [9.17, 15) is 8.78 Å². The summed E-state index contributed by atoms with van der Waals surface area (Å²) in [6.45, 7) is 0. The van der Waals surface area contributed by atoms with E-state index in [1.807, 2.05) is 0 Å². The highest BCUT2D eigenvalue weighted by atomic mass is 35.5. The minimum absolute atomic E-state index is 0.0594. The first-order valence-electron chi connectivity index (χ1n) is 4.38. The molecule has 15 heavy (non-hydrogen) atoms. The van der Waals surface area contributed by atoms with Crippen molar-refractivity contribution in [3.63, 3.8) is 0 Å². The molecule has 0 aliphatic carbocycles. The van der Waals surface area contributed by atoms with E-state index in [0.29, 0.717) is 11.1 Å². The van der Waals surface area contributed by atoms with Gasteiger partial charge in [-0.15, -0.1) is 0 Å². The molecule has 0 amide bonds. The fourth-order valence-electron chi connectivity index (χ4n) is 1.36. The van der Waals surface area contributed by atoms with Crippen molar-refractivity contribution in [3.05, 3.63) is 59.1 Å². The molecule has 0 spiro atoms. The minimum Gasteiger partial charge on any atom is -0.207 e. The Morgan fingerprint density at radius 1 is 0.867 bits per heavy atom. The third kappa shape index (κ3) is 2.00. The van der Waals surface area contributed by atoms with Gasteiger partial charge in [-0.05, 0) is 23.8 Å². The maximum atomic E-state index is 13.1. The zero-order chi connectivity index (χ0) is 10.8. The Morgan fingerprint density at radius 3 is 2.20 bits per heavy atom. The SMILES string of the molecule is Fc1ccc(-c2cccc(F)c2Cl)cc1. The van der Waals surface area contributed by atoms with Crippen LogP contribution in [0.3, 0.4) is 0 Å². The molecule has 0 aliphatic heterocycles. The number of hydrogen-bond donors (Lipinski definition) is 0. The van der Waals surface area contributed by atoms with Crippen LogP contribution in [0.25, 0.3) is 11.1 Å². The normalized spacial score (nSPS) is 10.3. The number of hydrogen-bond acceptors (Lipinski definition) is 0. The smallest absolute Gasteiger partial charge is 0.142 e. The second-order valence-corrected chi connectivity index (χ2v) is 3.49. The van der Waals surface area contributed by atoms with E-state index >= 15 is 0 Å². The molecule has 0 N–H and O–H groups in total. The highest BCUT2D eigenvalue weighted by Gasteiger charge is 2.07. The molecular weight excluding hydrogens is 218 g/mol. The van der Waals surface area contributed by atoms with E-state index in [4.69, 9.17) is 11.6 Å². The van der Waals surface area contributed by atoms with Gasteiger partial charge in [0.15, 0.2) is 0 Å². The quantitative estimate of drug-likeness (QED) is 0.678. The molecule has 0 aromatic heterocycles. The fourth-order valence-corrected chi connectivity index (χ4v) is 1.59. The lowest BCUT2D eigenvalue weighted by atomic mass is 10.1. The summed E-state index contributed by atoms with van der Waals surface area (Å²) in [5.74, 6) is -0.801. The summed E-state index contributed by atoms with van der Waals surface area (Å²) >= 11 is 5.80. The van der Waals surface area contributed by atoms with Crippen molar-refractivity contribution in [2.24, 2.45) is 0 Å². The number of benzene rings is 2. The molecule has 2 aromatic rings. The van der Waals surface area contributed by atoms with Crippen molar-refractivity contribution in [1.29, 1.82) is 0 Å². The van der Waals surface area contributed by atoms with Crippen molar-refractivity contribution in [2.45, 2.75) is 0 Å². The summed E-state index contributed by atoms with van der Waals surface area (Å²) in [6.07, 6.45) is 0. The topological polar surface area (TPSA) is 0 Å². The van der Waals surface area contributed by atoms with Crippen molar-refractivity contribution in [3.8, 4) is 11.1 Å². The Bertz CT molecular complexity index is 477. The second kappa shape index (κ2) is 3.99. The molecule has 2 rings (SSSR count). The summed E-state index contributed by atoms with van der Waals surface area (Å²) in [7, 11) is 0. The first kappa shape index (κ1) is 10.1. The van der Waals surface area contributed by atoms with Crippen molar-refractivity contribution in [1.82, 2.24) is 0 Å². The molecule has 76 valence electrons. The minimum atomic E-state index is -0.474. The van der Waals surface area contributed by atoms with Gasteiger partial charge in [0.2, 0.25) is 0 Å². The van der Waals surface area contributed by atoms with Gasteiger partial charge in [-0.25, -0.2) is 8.78 Å². The summed E-state index contributed by atoms with van der Waals surface area (Å²) in [5, 5.41) is 0.0594. The Hall–Kier alpha value is -1.41. The molecule has 0 bridgehead atoms. The van der Waals surface area contributed by atoms with Gasteiger partial charge in [-0.2, -0.15) is 0 Å². The van der Waals surface area contributed by atoms with Crippen LogP contribution in [0.5, 0.6) is 0 Å². The van der Waals surface area contributed by atoms with Gasteiger partial charge in [-0.3, -0.25) is 0 Å². The van der Waals surface area contributed by atoms with Gasteiger partial charge in [0.1, 0.15) is 11.6 Å². The van der Waals surface area contributed by atoms with E-state index in [1.54, 1.807) is 24.3 Å². The molecule has 0 saturated heterocycles. The monoisotopic (exact) mass is 224 g/mol. The highest BCUT2D eigenvalue weighted by molar-refractivity contribution is 6.33. The molecule has 0 radical (unpaired) electrons. The summed E-state index contributed by atoms with van der Waals surface area (Å²) in [5.41, 5.74) is 1.26. The maximum Gasteiger partial charge on any atom is 0.142 e. The molecule has 0 fully saturated rings. The van der Waals surface area contributed by atoms with Crippen LogP contribution < -0.4 is 0 Å². The Kier molecular flexibility index (Phi) is 2.69. The zero-order valence-electron chi connectivity index (χ0n) is 7.68. The maximum absolute atomic E-state index is 13.1. The summed E-state index contributed by atoms with van der Waals surface area (Å²) in [6, 6.07) is 10.3.